The van der Waals surface area contributed by atoms with Gasteiger partial charge in [0.2, 0.25) is 0 Å². The van der Waals surface area contributed by atoms with Crippen molar-refractivity contribution in [2.24, 2.45) is 0 Å². The molecule has 0 saturated carbocycles. The fourth-order valence-electron chi connectivity index (χ4n) is 7.95. The first-order valence-electron chi connectivity index (χ1n) is 17.2. The van der Waals surface area contributed by atoms with Crippen molar-refractivity contribution in [1.82, 2.24) is 19.1 Å². The number of rotatable bonds is 4. The number of fused-ring (bicyclic) bond motifs is 9. The van der Waals surface area contributed by atoms with Gasteiger partial charge in [-0.1, -0.05) is 115 Å². The highest BCUT2D eigenvalue weighted by Crippen LogP contribution is 2.40. The lowest BCUT2D eigenvalue weighted by Gasteiger charge is -2.13. The molecule has 4 heterocycles. The predicted molar refractivity (Wildman–Crippen MR) is 214 cm³/mol. The number of aromatic nitrogens is 4. The van der Waals surface area contributed by atoms with Gasteiger partial charge < -0.3 is 9.13 Å². The lowest BCUT2D eigenvalue weighted by atomic mass is 10.0. The first-order chi connectivity index (χ1) is 25.3. The van der Waals surface area contributed by atoms with Crippen LogP contribution in [0.4, 0.5) is 0 Å². The summed E-state index contributed by atoms with van der Waals surface area (Å²) >= 11 is 1.74. The summed E-state index contributed by atoms with van der Waals surface area (Å²) in [4.78, 5) is 10.2. The molecule has 0 saturated heterocycles. The van der Waals surface area contributed by atoms with Crippen LogP contribution in [-0.4, -0.2) is 19.1 Å². The molecule has 0 aliphatic carbocycles. The number of para-hydroxylation sites is 4. The van der Waals surface area contributed by atoms with Gasteiger partial charge in [0.15, 0.2) is 5.82 Å². The van der Waals surface area contributed by atoms with E-state index in [4.69, 9.17) is 9.97 Å². The molecule has 51 heavy (non-hydrogen) atoms. The SMILES string of the molecule is c1ccc(-c2cccc3c4ccccc4n(-c4cccc(-c5ncc6sc7ccc(-n8c9ccccc9c9ccccc98)cc7c6n5)c4)c23)cc1. The minimum absolute atomic E-state index is 0.718. The standard InChI is InChI=1S/C46H28N4S/c1-2-12-29(13-3-1)33-19-11-20-37-36-18-6-9-23-41(36)50(45(33)37)31-15-10-14-30(26-31)46-47-28-43-44(48-46)38-27-32(24-25-42(38)51-43)49-39-21-7-4-16-34(39)35-17-5-8-22-40(35)49/h1-28H. The second-order valence-corrected chi connectivity index (χ2v) is 14.1. The Kier molecular flexibility index (Phi) is 6.09. The average Bonchev–Trinajstić information content (AvgIpc) is 3.85. The summed E-state index contributed by atoms with van der Waals surface area (Å²) in [5, 5.41) is 6.12. The van der Waals surface area contributed by atoms with Crippen LogP contribution in [0.15, 0.2) is 170 Å². The molecule has 0 fully saturated rings. The number of hydrogen-bond acceptors (Lipinski definition) is 3. The summed E-state index contributed by atoms with van der Waals surface area (Å²) in [6.45, 7) is 0. The van der Waals surface area contributed by atoms with Crippen LogP contribution >= 0.6 is 11.3 Å². The van der Waals surface area contributed by atoms with Gasteiger partial charge in [-0.25, -0.2) is 9.97 Å². The topological polar surface area (TPSA) is 35.6 Å². The highest BCUT2D eigenvalue weighted by atomic mass is 32.1. The van der Waals surface area contributed by atoms with E-state index in [9.17, 15) is 0 Å². The van der Waals surface area contributed by atoms with E-state index in [1.807, 2.05) is 6.20 Å². The van der Waals surface area contributed by atoms with Crippen molar-refractivity contribution in [3.05, 3.63) is 170 Å². The van der Waals surface area contributed by atoms with Crippen molar-refractivity contribution in [1.29, 1.82) is 0 Å². The van der Waals surface area contributed by atoms with Gasteiger partial charge in [0, 0.05) is 60.3 Å². The molecule has 11 rings (SSSR count). The maximum absolute atomic E-state index is 5.27. The van der Waals surface area contributed by atoms with Gasteiger partial charge >= 0.3 is 0 Å². The lowest BCUT2D eigenvalue weighted by molar-refractivity contribution is 1.17. The van der Waals surface area contributed by atoms with Crippen LogP contribution in [0.3, 0.4) is 0 Å². The molecule has 0 N–H and O–H groups in total. The molecule has 0 aliphatic rings. The van der Waals surface area contributed by atoms with Crippen LogP contribution in [0.1, 0.15) is 0 Å². The molecule has 0 atom stereocenters. The summed E-state index contributed by atoms with van der Waals surface area (Å²) in [5.41, 5.74) is 11.3. The zero-order chi connectivity index (χ0) is 33.5. The second-order valence-electron chi connectivity index (χ2n) is 13.0. The van der Waals surface area contributed by atoms with Crippen molar-refractivity contribution in [3.63, 3.8) is 0 Å². The molecule has 5 heteroatoms. The van der Waals surface area contributed by atoms with Gasteiger partial charge in [0.05, 0.1) is 32.3 Å². The predicted octanol–water partition coefficient (Wildman–Crippen LogP) is 12.4. The van der Waals surface area contributed by atoms with Gasteiger partial charge in [-0.2, -0.15) is 0 Å². The Balaban J connectivity index is 1.09. The monoisotopic (exact) mass is 668 g/mol. The molecule has 4 aromatic heterocycles. The van der Waals surface area contributed by atoms with Crippen LogP contribution in [0.5, 0.6) is 0 Å². The average molecular weight is 669 g/mol. The van der Waals surface area contributed by atoms with Crippen molar-refractivity contribution < 1.29 is 0 Å². The second kappa shape index (κ2) is 11.0. The van der Waals surface area contributed by atoms with Crippen molar-refractivity contribution in [3.8, 4) is 33.9 Å². The van der Waals surface area contributed by atoms with Crippen molar-refractivity contribution in [2.45, 2.75) is 0 Å². The third-order valence-electron chi connectivity index (χ3n) is 10.2. The van der Waals surface area contributed by atoms with Crippen LogP contribution in [0, 0.1) is 0 Å². The Labute approximate surface area is 297 Å². The summed E-state index contributed by atoms with van der Waals surface area (Å²) in [6.07, 6.45) is 1.99. The van der Waals surface area contributed by atoms with Crippen LogP contribution in [-0.2, 0) is 0 Å². The molecule has 4 nitrogen and oxygen atoms in total. The van der Waals surface area contributed by atoms with E-state index in [1.165, 1.54) is 59.4 Å². The first-order valence-corrected chi connectivity index (χ1v) is 18.0. The van der Waals surface area contributed by atoms with Crippen molar-refractivity contribution in [2.75, 3.05) is 0 Å². The summed E-state index contributed by atoms with van der Waals surface area (Å²) in [5.74, 6) is 0.718. The lowest BCUT2D eigenvalue weighted by Crippen LogP contribution is -1.97. The Morgan fingerprint density at radius 1 is 0.431 bits per heavy atom. The van der Waals surface area contributed by atoms with Gasteiger partial charge in [-0.3, -0.25) is 0 Å². The smallest absolute Gasteiger partial charge is 0.159 e. The molecule has 0 amide bonds. The van der Waals surface area contributed by atoms with Crippen LogP contribution in [0.2, 0.25) is 0 Å². The molecular formula is C46H28N4S. The Bertz CT molecular complexity index is 3090. The summed E-state index contributed by atoms with van der Waals surface area (Å²) < 4.78 is 7.05. The van der Waals surface area contributed by atoms with E-state index in [0.717, 1.165) is 38.4 Å². The first kappa shape index (κ1) is 28.3. The third kappa shape index (κ3) is 4.25. The Hall–Kier alpha value is -6.56. The molecule has 0 spiro atoms. The van der Waals surface area contributed by atoms with Gasteiger partial charge in [0.1, 0.15) is 0 Å². The van der Waals surface area contributed by atoms with E-state index in [2.05, 4.69) is 173 Å². The van der Waals surface area contributed by atoms with E-state index < -0.39 is 0 Å². The maximum atomic E-state index is 5.27. The molecule has 0 unspecified atom stereocenters. The fourth-order valence-corrected chi connectivity index (χ4v) is 8.95. The van der Waals surface area contributed by atoms with E-state index in [1.54, 1.807) is 11.3 Å². The summed E-state index contributed by atoms with van der Waals surface area (Å²) in [7, 11) is 0. The molecule has 7 aromatic carbocycles. The summed E-state index contributed by atoms with van der Waals surface area (Å²) in [6, 6.07) is 58.7. The van der Waals surface area contributed by atoms with E-state index in [0.29, 0.717) is 0 Å². The van der Waals surface area contributed by atoms with Gasteiger partial charge in [-0.05, 0) is 54.1 Å². The van der Waals surface area contributed by atoms with Gasteiger partial charge in [-0.15, -0.1) is 11.3 Å². The molecule has 0 radical (unpaired) electrons. The number of thiophene rings is 1. The zero-order valence-electron chi connectivity index (χ0n) is 27.4. The Morgan fingerprint density at radius 3 is 1.80 bits per heavy atom. The van der Waals surface area contributed by atoms with Crippen LogP contribution in [0.25, 0.3) is 97.8 Å². The highest BCUT2D eigenvalue weighted by Gasteiger charge is 2.18. The highest BCUT2D eigenvalue weighted by molar-refractivity contribution is 7.25. The quantitative estimate of drug-likeness (QED) is 0.187. The van der Waals surface area contributed by atoms with E-state index in [-0.39, 0.29) is 0 Å². The number of hydrogen-bond donors (Lipinski definition) is 0. The number of benzene rings is 7. The molecular weight excluding hydrogens is 641 g/mol. The van der Waals surface area contributed by atoms with Crippen LogP contribution < -0.4 is 0 Å². The molecule has 0 bridgehead atoms. The molecule has 0 aliphatic heterocycles. The maximum Gasteiger partial charge on any atom is 0.159 e. The zero-order valence-corrected chi connectivity index (χ0v) is 28.2. The largest absolute Gasteiger partial charge is 0.309 e. The molecule has 238 valence electrons. The normalized spacial score (nSPS) is 11.9. The molecule has 11 aromatic rings. The van der Waals surface area contributed by atoms with Gasteiger partial charge in [0.25, 0.3) is 0 Å². The van der Waals surface area contributed by atoms with Crippen molar-refractivity contribution >= 4 is 75.3 Å². The fraction of sp³-hybridized carbons (Fsp3) is 0. The minimum Gasteiger partial charge on any atom is -0.309 e. The number of nitrogens with zero attached hydrogens (tertiary/aromatic N) is 4. The Morgan fingerprint density at radius 2 is 1.04 bits per heavy atom. The minimum atomic E-state index is 0.718. The third-order valence-corrected chi connectivity index (χ3v) is 11.3. The van der Waals surface area contributed by atoms with E-state index >= 15 is 0 Å².